The number of methoxy groups -OCH3 is 1. The van der Waals surface area contributed by atoms with Gasteiger partial charge < -0.3 is 14.7 Å². The van der Waals surface area contributed by atoms with Crippen molar-refractivity contribution in [2.24, 2.45) is 0 Å². The third kappa shape index (κ3) is 3.77. The monoisotopic (exact) mass is 339 g/mol. The summed E-state index contributed by atoms with van der Waals surface area (Å²) in [5.41, 5.74) is 0.183. The van der Waals surface area contributed by atoms with Crippen LogP contribution in [0.1, 0.15) is 16.1 Å². The highest BCUT2D eigenvalue weighted by molar-refractivity contribution is 5.93. The van der Waals surface area contributed by atoms with Crippen molar-refractivity contribution in [3.8, 4) is 5.69 Å². The molecule has 130 valence electrons. The number of nitrogens with zero attached hydrogens (tertiary/aromatic N) is 3. The van der Waals surface area contributed by atoms with Crippen LogP contribution < -0.4 is 0 Å². The van der Waals surface area contributed by atoms with Crippen LogP contribution in [0.25, 0.3) is 5.69 Å². The molecule has 1 aromatic carbocycles. The van der Waals surface area contributed by atoms with Gasteiger partial charge in [0.2, 0.25) is 0 Å². The lowest BCUT2D eigenvalue weighted by Crippen LogP contribution is -2.36. The van der Waals surface area contributed by atoms with E-state index in [-0.39, 0.29) is 24.5 Å². The van der Waals surface area contributed by atoms with Crippen LogP contribution in [-0.2, 0) is 4.74 Å². The Morgan fingerprint density at radius 1 is 1.42 bits per heavy atom. The van der Waals surface area contributed by atoms with E-state index in [9.17, 15) is 18.7 Å². The van der Waals surface area contributed by atoms with Gasteiger partial charge in [0.25, 0.3) is 5.91 Å². The predicted molar refractivity (Wildman–Crippen MR) is 83.1 cm³/mol. The molecule has 0 unspecified atom stereocenters. The number of aryl methyl sites for hydroxylation is 1. The summed E-state index contributed by atoms with van der Waals surface area (Å²) >= 11 is 0. The number of carbonyl (C=O) groups is 1. The third-order valence-corrected chi connectivity index (χ3v) is 3.46. The fraction of sp³-hybridized carbons (Fsp3) is 0.375. The van der Waals surface area contributed by atoms with Crippen LogP contribution in [-0.4, -0.2) is 59.1 Å². The standard InChI is InChI=1S/C16H19F2N3O3/c1-10-7-21(15-12(17)5-4-6-13(15)18)19-14(10)16(23)20(2)8-11(22)9-24-3/h4-7,11,22H,8-9H2,1-3H3/t11-/m1/s1. The first-order chi connectivity index (χ1) is 11.3. The minimum atomic E-state index is -0.838. The van der Waals surface area contributed by atoms with E-state index >= 15 is 0 Å². The molecule has 24 heavy (non-hydrogen) atoms. The molecule has 0 spiro atoms. The zero-order chi connectivity index (χ0) is 17.9. The maximum absolute atomic E-state index is 13.9. The number of hydrogen-bond donors (Lipinski definition) is 1. The van der Waals surface area contributed by atoms with Crippen molar-refractivity contribution >= 4 is 5.91 Å². The minimum Gasteiger partial charge on any atom is -0.389 e. The number of likely N-dealkylation sites (N-methyl/N-ethyl adjacent to an activating group) is 1. The van der Waals surface area contributed by atoms with Gasteiger partial charge in [-0.15, -0.1) is 0 Å². The molecule has 0 aliphatic carbocycles. The van der Waals surface area contributed by atoms with Gasteiger partial charge in [0.05, 0.1) is 12.7 Å². The lowest BCUT2D eigenvalue weighted by Gasteiger charge is -2.19. The number of carbonyl (C=O) groups excluding carboxylic acids is 1. The second kappa shape index (κ2) is 7.50. The topological polar surface area (TPSA) is 67.6 Å². The summed E-state index contributed by atoms with van der Waals surface area (Å²) in [6, 6.07) is 3.48. The third-order valence-electron chi connectivity index (χ3n) is 3.46. The number of aliphatic hydroxyl groups is 1. The number of ether oxygens (including phenoxy) is 1. The van der Waals surface area contributed by atoms with E-state index in [1.54, 1.807) is 6.92 Å². The fourth-order valence-electron chi connectivity index (χ4n) is 2.32. The molecule has 1 heterocycles. The molecule has 8 heteroatoms. The van der Waals surface area contributed by atoms with Crippen LogP contribution in [0.15, 0.2) is 24.4 Å². The van der Waals surface area contributed by atoms with Crippen LogP contribution in [0.5, 0.6) is 0 Å². The van der Waals surface area contributed by atoms with Gasteiger partial charge in [-0.2, -0.15) is 5.10 Å². The van der Waals surface area contributed by atoms with Crippen LogP contribution in [0.2, 0.25) is 0 Å². The molecule has 1 amide bonds. The highest BCUT2D eigenvalue weighted by atomic mass is 19.1. The zero-order valence-electron chi connectivity index (χ0n) is 13.7. The van der Waals surface area contributed by atoms with E-state index in [4.69, 9.17) is 4.74 Å². The molecule has 2 rings (SSSR count). The Balaban J connectivity index is 2.27. The number of amides is 1. The molecule has 0 radical (unpaired) electrons. The van der Waals surface area contributed by atoms with E-state index in [0.29, 0.717) is 5.56 Å². The Hall–Kier alpha value is -2.32. The summed E-state index contributed by atoms with van der Waals surface area (Å²) in [5, 5.41) is 13.7. The largest absolute Gasteiger partial charge is 0.389 e. The summed E-state index contributed by atoms with van der Waals surface area (Å²) in [6.45, 7) is 1.76. The fourth-order valence-corrected chi connectivity index (χ4v) is 2.32. The van der Waals surface area contributed by atoms with Crippen molar-refractivity contribution in [2.45, 2.75) is 13.0 Å². The lowest BCUT2D eigenvalue weighted by atomic mass is 10.2. The summed E-state index contributed by atoms with van der Waals surface area (Å²) in [5.74, 6) is -2.01. The second-order valence-corrected chi connectivity index (χ2v) is 5.47. The van der Waals surface area contributed by atoms with Crippen molar-refractivity contribution in [3.63, 3.8) is 0 Å². The molecule has 0 saturated heterocycles. The van der Waals surface area contributed by atoms with Crippen molar-refractivity contribution in [3.05, 3.63) is 47.3 Å². The van der Waals surface area contributed by atoms with Crippen LogP contribution in [0.4, 0.5) is 8.78 Å². The maximum Gasteiger partial charge on any atom is 0.274 e. The average molecular weight is 339 g/mol. The molecule has 6 nitrogen and oxygen atoms in total. The van der Waals surface area contributed by atoms with E-state index < -0.39 is 23.6 Å². The van der Waals surface area contributed by atoms with Gasteiger partial charge in [-0.05, 0) is 19.1 Å². The molecule has 1 atom stereocenters. The highest BCUT2D eigenvalue weighted by Gasteiger charge is 2.22. The Kier molecular flexibility index (Phi) is 5.63. The van der Waals surface area contributed by atoms with Crippen LogP contribution >= 0.6 is 0 Å². The number of rotatable bonds is 6. The quantitative estimate of drug-likeness (QED) is 0.867. The van der Waals surface area contributed by atoms with Gasteiger partial charge in [-0.3, -0.25) is 4.79 Å². The maximum atomic E-state index is 13.9. The first-order valence-corrected chi connectivity index (χ1v) is 7.28. The van der Waals surface area contributed by atoms with Gasteiger partial charge in [-0.1, -0.05) is 6.07 Å². The Bertz CT molecular complexity index is 713. The molecule has 1 aromatic heterocycles. The molecule has 1 N–H and O–H groups in total. The summed E-state index contributed by atoms with van der Waals surface area (Å²) in [4.78, 5) is 13.7. The number of halogens is 2. The number of benzene rings is 1. The van der Waals surface area contributed by atoms with Crippen LogP contribution in [0, 0.1) is 18.6 Å². The van der Waals surface area contributed by atoms with Crippen molar-refractivity contribution < 1.29 is 23.4 Å². The van der Waals surface area contributed by atoms with E-state index in [0.717, 1.165) is 16.8 Å². The lowest BCUT2D eigenvalue weighted by molar-refractivity contribution is 0.0377. The van der Waals surface area contributed by atoms with Gasteiger partial charge in [-0.25, -0.2) is 13.5 Å². The molecular weight excluding hydrogens is 320 g/mol. The highest BCUT2D eigenvalue weighted by Crippen LogP contribution is 2.19. The van der Waals surface area contributed by atoms with Crippen molar-refractivity contribution in [1.29, 1.82) is 0 Å². The van der Waals surface area contributed by atoms with Gasteiger partial charge in [0.15, 0.2) is 17.3 Å². The Morgan fingerprint density at radius 3 is 2.62 bits per heavy atom. The van der Waals surface area contributed by atoms with Gasteiger partial charge in [0, 0.05) is 32.5 Å². The molecular formula is C16H19F2N3O3. The second-order valence-electron chi connectivity index (χ2n) is 5.47. The molecule has 0 saturated carbocycles. The predicted octanol–water partition coefficient (Wildman–Crippen LogP) is 1.54. The van der Waals surface area contributed by atoms with Gasteiger partial charge in [0.1, 0.15) is 5.69 Å². The molecule has 0 fully saturated rings. The van der Waals surface area contributed by atoms with E-state index in [1.807, 2.05) is 0 Å². The number of aliphatic hydroxyl groups excluding tert-OH is 1. The summed E-state index contributed by atoms with van der Waals surface area (Å²) < 4.78 is 33.5. The smallest absolute Gasteiger partial charge is 0.274 e. The normalized spacial score (nSPS) is 12.2. The van der Waals surface area contributed by atoms with E-state index in [1.165, 1.54) is 31.3 Å². The zero-order valence-corrected chi connectivity index (χ0v) is 13.7. The molecule has 0 bridgehead atoms. The first kappa shape index (κ1) is 18.0. The average Bonchev–Trinajstić information content (AvgIpc) is 2.88. The summed E-state index contributed by atoms with van der Waals surface area (Å²) in [6.07, 6.45) is 0.545. The van der Waals surface area contributed by atoms with Crippen molar-refractivity contribution in [2.75, 3.05) is 27.3 Å². The Morgan fingerprint density at radius 2 is 2.04 bits per heavy atom. The summed E-state index contributed by atoms with van der Waals surface area (Å²) in [7, 11) is 2.95. The number of para-hydroxylation sites is 1. The Labute approximate surface area is 138 Å². The molecule has 0 aliphatic rings. The SMILES string of the molecule is COC[C@H](O)CN(C)C(=O)c1nn(-c2c(F)cccc2F)cc1C. The van der Waals surface area contributed by atoms with E-state index in [2.05, 4.69) is 5.10 Å². The minimum absolute atomic E-state index is 0.0486. The molecule has 2 aromatic rings. The number of hydrogen-bond acceptors (Lipinski definition) is 4. The number of aromatic nitrogens is 2. The van der Waals surface area contributed by atoms with Crippen LogP contribution in [0.3, 0.4) is 0 Å². The molecule has 0 aliphatic heterocycles. The van der Waals surface area contributed by atoms with Crippen molar-refractivity contribution in [1.82, 2.24) is 14.7 Å². The first-order valence-electron chi connectivity index (χ1n) is 7.28. The van der Waals surface area contributed by atoms with Gasteiger partial charge >= 0.3 is 0 Å².